The zero-order valence-corrected chi connectivity index (χ0v) is 15.6. The fraction of sp³-hybridized carbons (Fsp3) is 0.211. The Bertz CT molecular complexity index is 838. The summed E-state index contributed by atoms with van der Waals surface area (Å²) in [7, 11) is -1.29. The molecular formula is C19H21N3O4S. The summed E-state index contributed by atoms with van der Waals surface area (Å²) in [5.41, 5.74) is 6.24. The third-order valence-electron chi connectivity index (χ3n) is 3.71. The normalized spacial score (nSPS) is 12.6. The zero-order chi connectivity index (χ0) is 19.8. The number of anilines is 1. The van der Waals surface area contributed by atoms with Gasteiger partial charge in [0, 0.05) is 28.8 Å². The van der Waals surface area contributed by atoms with Crippen LogP contribution in [0.5, 0.6) is 0 Å². The first-order valence-corrected chi connectivity index (χ1v) is 9.60. The van der Waals surface area contributed by atoms with Crippen LogP contribution in [0.4, 0.5) is 5.69 Å². The fourth-order valence-corrected chi connectivity index (χ4v) is 3.50. The highest BCUT2D eigenvalue weighted by Gasteiger charge is 2.20. The molecule has 0 aliphatic carbocycles. The Balaban J connectivity index is 1.96. The summed E-state index contributed by atoms with van der Waals surface area (Å²) < 4.78 is 12.3. The molecule has 27 heavy (non-hydrogen) atoms. The first-order valence-electron chi connectivity index (χ1n) is 8.28. The molecule has 0 saturated carbocycles. The number of hydrogen-bond donors (Lipinski definition) is 3. The molecule has 0 spiro atoms. The van der Waals surface area contributed by atoms with E-state index in [1.54, 1.807) is 36.4 Å². The molecule has 0 heterocycles. The lowest BCUT2D eigenvalue weighted by Gasteiger charge is -2.15. The Morgan fingerprint density at radius 3 is 2.22 bits per heavy atom. The van der Waals surface area contributed by atoms with Gasteiger partial charge in [-0.15, -0.1) is 0 Å². The van der Waals surface area contributed by atoms with Crippen molar-refractivity contribution in [3.05, 3.63) is 60.2 Å². The number of carbonyl (C=O) groups is 3. The monoisotopic (exact) mass is 387 g/mol. The Labute approximate surface area is 159 Å². The molecule has 0 radical (unpaired) electrons. The standard InChI is InChI=1S/C19H21N3O4S/c1-13(23)21-15-9-7-14(8-10-15)19(25)22-17(18(20)24)11-12-27(26)16-5-3-2-4-6-16/h2-10,17H,11-12H2,1H3,(H2,20,24)(H,21,23)(H,22,25)/t17-,27+/m1/s1. The number of benzene rings is 2. The lowest BCUT2D eigenvalue weighted by atomic mass is 10.1. The second kappa shape index (κ2) is 9.63. The van der Waals surface area contributed by atoms with Crippen LogP contribution in [-0.4, -0.2) is 33.7 Å². The van der Waals surface area contributed by atoms with Crippen molar-refractivity contribution >= 4 is 34.2 Å². The smallest absolute Gasteiger partial charge is 0.251 e. The lowest BCUT2D eigenvalue weighted by Crippen LogP contribution is -2.45. The van der Waals surface area contributed by atoms with Gasteiger partial charge < -0.3 is 16.4 Å². The average Bonchev–Trinajstić information content (AvgIpc) is 2.65. The average molecular weight is 387 g/mol. The molecule has 2 atom stereocenters. The van der Waals surface area contributed by atoms with E-state index in [1.165, 1.54) is 19.1 Å². The second-order valence-corrected chi connectivity index (χ2v) is 7.41. The van der Waals surface area contributed by atoms with Crippen LogP contribution >= 0.6 is 0 Å². The minimum Gasteiger partial charge on any atom is -0.368 e. The molecule has 0 saturated heterocycles. The van der Waals surface area contributed by atoms with Crippen molar-refractivity contribution in [3.8, 4) is 0 Å². The molecule has 2 aromatic rings. The summed E-state index contributed by atoms with van der Waals surface area (Å²) in [6.07, 6.45) is 0.159. The minimum absolute atomic E-state index is 0.159. The molecule has 142 valence electrons. The van der Waals surface area contributed by atoms with Gasteiger partial charge in [-0.05, 0) is 42.8 Å². The Kier molecular flexibility index (Phi) is 7.25. The first kappa shape index (κ1) is 20.3. The van der Waals surface area contributed by atoms with Crippen molar-refractivity contribution < 1.29 is 18.6 Å². The topological polar surface area (TPSA) is 118 Å². The van der Waals surface area contributed by atoms with Crippen LogP contribution < -0.4 is 16.4 Å². The number of nitrogens with two attached hydrogens (primary N) is 1. The van der Waals surface area contributed by atoms with Crippen LogP contribution in [0, 0.1) is 0 Å². The van der Waals surface area contributed by atoms with E-state index in [2.05, 4.69) is 10.6 Å². The van der Waals surface area contributed by atoms with E-state index in [-0.39, 0.29) is 18.1 Å². The minimum atomic E-state index is -1.29. The molecule has 2 rings (SSSR count). The van der Waals surface area contributed by atoms with Gasteiger partial charge in [0.05, 0.1) is 10.8 Å². The number of amides is 3. The number of carbonyl (C=O) groups excluding carboxylic acids is 3. The van der Waals surface area contributed by atoms with Crippen LogP contribution in [0.3, 0.4) is 0 Å². The number of nitrogens with one attached hydrogen (secondary N) is 2. The molecule has 7 nitrogen and oxygen atoms in total. The van der Waals surface area contributed by atoms with Crippen molar-refractivity contribution in [1.29, 1.82) is 0 Å². The van der Waals surface area contributed by atoms with Gasteiger partial charge in [-0.3, -0.25) is 18.6 Å². The van der Waals surface area contributed by atoms with Crippen molar-refractivity contribution in [1.82, 2.24) is 5.32 Å². The van der Waals surface area contributed by atoms with Gasteiger partial charge in [0.1, 0.15) is 6.04 Å². The Morgan fingerprint density at radius 1 is 1.04 bits per heavy atom. The lowest BCUT2D eigenvalue weighted by molar-refractivity contribution is -0.120. The summed E-state index contributed by atoms with van der Waals surface area (Å²) in [5.74, 6) is -1.19. The van der Waals surface area contributed by atoms with E-state index >= 15 is 0 Å². The molecule has 0 bridgehead atoms. The third-order valence-corrected chi connectivity index (χ3v) is 5.12. The molecule has 0 unspecified atom stereocenters. The second-order valence-electron chi connectivity index (χ2n) is 5.84. The van der Waals surface area contributed by atoms with Crippen molar-refractivity contribution in [2.24, 2.45) is 5.73 Å². The molecule has 4 N–H and O–H groups in total. The molecule has 0 aliphatic heterocycles. The van der Waals surface area contributed by atoms with Crippen LogP contribution in [0.2, 0.25) is 0 Å². The molecule has 0 aliphatic rings. The van der Waals surface area contributed by atoms with E-state index in [0.717, 1.165) is 0 Å². The summed E-state index contributed by atoms with van der Waals surface area (Å²) in [6, 6.07) is 14.2. The quantitative estimate of drug-likeness (QED) is 0.635. The van der Waals surface area contributed by atoms with Gasteiger partial charge in [-0.1, -0.05) is 18.2 Å². The van der Waals surface area contributed by atoms with E-state index in [4.69, 9.17) is 5.73 Å². The molecule has 0 fully saturated rings. The van der Waals surface area contributed by atoms with E-state index in [1.807, 2.05) is 6.07 Å². The van der Waals surface area contributed by atoms with Gasteiger partial charge in [-0.25, -0.2) is 0 Å². The highest BCUT2D eigenvalue weighted by molar-refractivity contribution is 7.85. The maximum atomic E-state index is 12.3. The van der Waals surface area contributed by atoms with E-state index < -0.39 is 28.7 Å². The molecular weight excluding hydrogens is 366 g/mol. The van der Waals surface area contributed by atoms with Crippen LogP contribution in [0.1, 0.15) is 23.7 Å². The summed E-state index contributed by atoms with van der Waals surface area (Å²) in [5, 5.41) is 5.16. The predicted octanol–water partition coefficient (Wildman–Crippen LogP) is 1.43. The van der Waals surface area contributed by atoms with Gasteiger partial charge in [0.15, 0.2) is 0 Å². The van der Waals surface area contributed by atoms with Crippen LogP contribution in [0.25, 0.3) is 0 Å². The number of hydrogen-bond acceptors (Lipinski definition) is 4. The molecule has 2 aromatic carbocycles. The first-order chi connectivity index (χ1) is 12.9. The third kappa shape index (κ3) is 6.34. The Morgan fingerprint density at radius 2 is 1.67 bits per heavy atom. The molecule has 3 amide bonds. The molecule has 0 aromatic heterocycles. The summed E-state index contributed by atoms with van der Waals surface area (Å²) in [4.78, 5) is 35.6. The number of primary amides is 1. The summed E-state index contributed by atoms with van der Waals surface area (Å²) >= 11 is 0. The van der Waals surface area contributed by atoms with Gasteiger partial charge >= 0.3 is 0 Å². The highest BCUT2D eigenvalue weighted by atomic mass is 32.2. The van der Waals surface area contributed by atoms with Crippen molar-refractivity contribution in [2.75, 3.05) is 11.1 Å². The van der Waals surface area contributed by atoms with Crippen LogP contribution in [0.15, 0.2) is 59.5 Å². The molecule has 8 heteroatoms. The SMILES string of the molecule is CC(=O)Nc1ccc(C(=O)N[C@H](CC[S@](=O)c2ccccc2)C(N)=O)cc1. The largest absolute Gasteiger partial charge is 0.368 e. The number of rotatable bonds is 8. The zero-order valence-electron chi connectivity index (χ0n) is 14.8. The van der Waals surface area contributed by atoms with Crippen molar-refractivity contribution in [3.63, 3.8) is 0 Å². The summed E-state index contributed by atoms with van der Waals surface area (Å²) in [6.45, 7) is 1.39. The van der Waals surface area contributed by atoms with Gasteiger partial charge in [-0.2, -0.15) is 0 Å². The maximum absolute atomic E-state index is 12.3. The van der Waals surface area contributed by atoms with Gasteiger partial charge in [0.2, 0.25) is 11.8 Å². The maximum Gasteiger partial charge on any atom is 0.251 e. The van der Waals surface area contributed by atoms with Crippen LogP contribution in [-0.2, 0) is 20.4 Å². The van der Waals surface area contributed by atoms with E-state index in [9.17, 15) is 18.6 Å². The highest BCUT2D eigenvalue weighted by Crippen LogP contribution is 2.11. The fourth-order valence-electron chi connectivity index (χ4n) is 2.35. The van der Waals surface area contributed by atoms with E-state index in [0.29, 0.717) is 16.1 Å². The predicted molar refractivity (Wildman–Crippen MR) is 104 cm³/mol. The van der Waals surface area contributed by atoms with Crippen molar-refractivity contribution in [2.45, 2.75) is 24.3 Å². The van der Waals surface area contributed by atoms with Gasteiger partial charge in [0.25, 0.3) is 5.91 Å². The Hall–Kier alpha value is -3.00.